The first-order valence-electron chi connectivity index (χ1n) is 15.1. The van der Waals surface area contributed by atoms with Crippen molar-refractivity contribution in [3.05, 3.63) is 47.3 Å². The molecule has 11 atom stereocenters. The lowest BCUT2D eigenvalue weighted by molar-refractivity contribution is -0.155. The van der Waals surface area contributed by atoms with E-state index >= 15 is 0 Å². The number of aromatic nitrogens is 1. The molecule has 7 rings (SSSR count). The fourth-order valence-electron chi connectivity index (χ4n) is 10.6. The second-order valence-corrected chi connectivity index (χ2v) is 14.0. The number of ether oxygens (including phenoxy) is 2. The Morgan fingerprint density at radius 2 is 1.88 bits per heavy atom. The molecule has 1 aromatic rings. The van der Waals surface area contributed by atoms with Gasteiger partial charge in [0, 0.05) is 24.4 Å². The van der Waals surface area contributed by atoms with Crippen LogP contribution < -0.4 is 0 Å². The van der Waals surface area contributed by atoms with Crippen molar-refractivity contribution >= 4 is 17.3 Å². The zero-order valence-corrected chi connectivity index (χ0v) is 23.9. The molecule has 214 valence electrons. The van der Waals surface area contributed by atoms with Crippen molar-refractivity contribution < 1.29 is 29.3 Å². The Labute approximate surface area is 236 Å². The van der Waals surface area contributed by atoms with Crippen LogP contribution in [-0.2, 0) is 19.1 Å². The first-order valence-corrected chi connectivity index (χ1v) is 15.1. The SMILES string of the molecule is CC1=C(CO)C(=O)O[C@@H]([C@@H](C)[C@H]2CC[C@H]3[C@@H]4C[C@H]5O[C@]56[C@@H](O)C=C(c5ccncc5)C(=O)[C@]6(C)[C@H]4CC[C@]23C)C1. The molecule has 2 aliphatic heterocycles. The van der Waals surface area contributed by atoms with Gasteiger partial charge in [0.05, 0.1) is 23.7 Å². The van der Waals surface area contributed by atoms with E-state index in [1.807, 2.05) is 19.1 Å². The number of aliphatic hydroxyl groups excluding tert-OH is 2. The Bertz CT molecular complexity index is 1320. The summed E-state index contributed by atoms with van der Waals surface area (Å²) < 4.78 is 12.3. The zero-order chi connectivity index (χ0) is 28.2. The van der Waals surface area contributed by atoms with E-state index in [4.69, 9.17) is 9.47 Å². The fourth-order valence-corrected chi connectivity index (χ4v) is 10.6. The van der Waals surface area contributed by atoms with Crippen LogP contribution in [0.5, 0.6) is 0 Å². The van der Waals surface area contributed by atoms with Crippen molar-refractivity contribution in [1.29, 1.82) is 0 Å². The molecule has 6 aliphatic rings. The minimum atomic E-state index is -0.814. The number of carbonyl (C=O) groups excluding carboxylic acids is 2. The van der Waals surface area contributed by atoms with Gasteiger partial charge in [-0.15, -0.1) is 0 Å². The van der Waals surface area contributed by atoms with Crippen molar-refractivity contribution in [1.82, 2.24) is 4.98 Å². The van der Waals surface area contributed by atoms with Crippen LogP contribution >= 0.6 is 0 Å². The van der Waals surface area contributed by atoms with Crippen LogP contribution in [0, 0.1) is 40.4 Å². The van der Waals surface area contributed by atoms with E-state index in [0.29, 0.717) is 35.3 Å². The van der Waals surface area contributed by atoms with E-state index in [1.165, 1.54) is 0 Å². The molecule has 1 aromatic heterocycles. The summed E-state index contributed by atoms with van der Waals surface area (Å²) in [5.74, 6) is 1.31. The number of pyridine rings is 1. The highest BCUT2D eigenvalue weighted by atomic mass is 16.6. The number of epoxide rings is 1. The number of Topliss-reactive ketones (excluding diaryl/α,β-unsaturated/α-hetero) is 1. The van der Waals surface area contributed by atoms with Gasteiger partial charge < -0.3 is 19.7 Å². The number of rotatable bonds is 4. The number of allylic oxidation sites excluding steroid dienone is 1. The Morgan fingerprint density at radius 3 is 2.58 bits per heavy atom. The molecule has 1 spiro atoms. The van der Waals surface area contributed by atoms with Crippen molar-refractivity contribution in [3.63, 3.8) is 0 Å². The largest absolute Gasteiger partial charge is 0.458 e. The summed E-state index contributed by atoms with van der Waals surface area (Å²) in [7, 11) is 0. The number of cyclic esters (lactones) is 1. The van der Waals surface area contributed by atoms with Crippen LogP contribution in [0.4, 0.5) is 0 Å². The quantitative estimate of drug-likeness (QED) is 0.428. The van der Waals surface area contributed by atoms with Gasteiger partial charge in [-0.1, -0.05) is 19.4 Å². The van der Waals surface area contributed by atoms with Gasteiger partial charge in [-0.3, -0.25) is 9.78 Å². The van der Waals surface area contributed by atoms with Crippen LogP contribution in [0.2, 0.25) is 0 Å². The maximum Gasteiger partial charge on any atom is 0.336 e. The van der Waals surface area contributed by atoms with E-state index in [9.17, 15) is 19.8 Å². The Morgan fingerprint density at radius 1 is 1.12 bits per heavy atom. The van der Waals surface area contributed by atoms with Crippen molar-refractivity contribution in [2.45, 2.75) is 90.1 Å². The Hall–Kier alpha value is -2.35. The first-order chi connectivity index (χ1) is 19.1. The van der Waals surface area contributed by atoms with Gasteiger partial charge in [-0.05, 0) is 105 Å². The van der Waals surface area contributed by atoms with Gasteiger partial charge >= 0.3 is 5.97 Å². The monoisotopic (exact) mass is 547 g/mol. The standard InChI is InChI=1S/C33H41NO6/c1-17-13-26(39-30(38)22(17)16-35)18(2)23-5-6-24-21-15-28-33(40-28)27(36)14-20(19-8-11-34-12-9-19)29(37)32(33,4)25(21)7-10-31(23,24)3/h8-9,11-12,14,18,21,23-28,35-36H,5-7,10,13,15-16H2,1-4H3/t18-,21-,23+,24-,25-,26+,27-,28+,31+,32-,33+/m0/s1. The minimum absolute atomic E-state index is 0.0905. The summed E-state index contributed by atoms with van der Waals surface area (Å²) in [4.78, 5) is 31.1. The van der Waals surface area contributed by atoms with Gasteiger partial charge in [0.25, 0.3) is 0 Å². The topological polar surface area (TPSA) is 109 Å². The summed E-state index contributed by atoms with van der Waals surface area (Å²) in [5, 5.41) is 21.1. The molecule has 4 fully saturated rings. The molecule has 0 bridgehead atoms. The third-order valence-electron chi connectivity index (χ3n) is 12.7. The molecule has 3 saturated carbocycles. The van der Waals surface area contributed by atoms with Crippen molar-refractivity contribution in [2.75, 3.05) is 6.61 Å². The lowest BCUT2D eigenvalue weighted by Crippen LogP contribution is -2.64. The zero-order valence-electron chi connectivity index (χ0n) is 23.9. The predicted octanol–water partition coefficient (Wildman–Crippen LogP) is 4.28. The van der Waals surface area contributed by atoms with Gasteiger partial charge in [0.2, 0.25) is 0 Å². The average molecular weight is 548 g/mol. The molecule has 4 aliphatic carbocycles. The molecule has 7 nitrogen and oxygen atoms in total. The van der Waals surface area contributed by atoms with E-state index in [2.05, 4.69) is 25.8 Å². The van der Waals surface area contributed by atoms with Crippen molar-refractivity contribution in [3.8, 4) is 0 Å². The molecule has 7 heteroatoms. The number of carbonyl (C=O) groups is 2. The highest BCUT2D eigenvalue weighted by molar-refractivity contribution is 6.25. The number of hydrogen-bond acceptors (Lipinski definition) is 7. The molecule has 1 saturated heterocycles. The minimum Gasteiger partial charge on any atom is -0.458 e. The lowest BCUT2D eigenvalue weighted by Gasteiger charge is -2.58. The highest BCUT2D eigenvalue weighted by Gasteiger charge is 2.81. The van der Waals surface area contributed by atoms with Crippen LogP contribution in [0.15, 0.2) is 41.7 Å². The normalized spacial score (nSPS) is 46.5. The van der Waals surface area contributed by atoms with E-state index in [0.717, 1.165) is 43.2 Å². The summed E-state index contributed by atoms with van der Waals surface area (Å²) in [6.07, 6.45) is 9.73. The summed E-state index contributed by atoms with van der Waals surface area (Å²) in [6.45, 7) is 8.42. The maximum absolute atomic E-state index is 14.4. The lowest BCUT2D eigenvalue weighted by atomic mass is 9.43. The van der Waals surface area contributed by atoms with Gasteiger partial charge in [0.15, 0.2) is 5.78 Å². The fraction of sp³-hybridized carbons (Fsp3) is 0.667. The highest BCUT2D eigenvalue weighted by Crippen LogP contribution is 2.73. The van der Waals surface area contributed by atoms with Crippen LogP contribution in [-0.4, -0.2) is 57.5 Å². The van der Waals surface area contributed by atoms with Crippen LogP contribution in [0.1, 0.15) is 71.8 Å². The number of nitrogens with zero attached hydrogens (tertiary/aromatic N) is 1. The third-order valence-corrected chi connectivity index (χ3v) is 12.7. The number of hydrogen-bond donors (Lipinski definition) is 2. The number of fused-ring (bicyclic) bond motifs is 4. The van der Waals surface area contributed by atoms with Crippen LogP contribution in [0.3, 0.4) is 0 Å². The molecular weight excluding hydrogens is 506 g/mol. The van der Waals surface area contributed by atoms with Crippen LogP contribution in [0.25, 0.3) is 5.57 Å². The first kappa shape index (κ1) is 26.5. The second-order valence-electron chi connectivity index (χ2n) is 14.0. The Balaban J connectivity index is 1.18. The predicted molar refractivity (Wildman–Crippen MR) is 148 cm³/mol. The molecule has 0 unspecified atom stereocenters. The summed E-state index contributed by atoms with van der Waals surface area (Å²) >= 11 is 0. The van der Waals surface area contributed by atoms with Gasteiger partial charge in [-0.2, -0.15) is 0 Å². The number of aliphatic hydroxyl groups is 2. The average Bonchev–Trinajstić information content (AvgIpc) is 3.58. The third kappa shape index (κ3) is 3.26. The molecule has 0 aromatic carbocycles. The van der Waals surface area contributed by atoms with E-state index in [-0.39, 0.29) is 47.8 Å². The molecule has 0 amide bonds. The molecule has 40 heavy (non-hydrogen) atoms. The van der Waals surface area contributed by atoms with Gasteiger partial charge in [-0.25, -0.2) is 4.79 Å². The Kier molecular flexibility index (Phi) is 5.86. The molecule has 3 heterocycles. The van der Waals surface area contributed by atoms with Crippen molar-refractivity contribution in [2.24, 2.45) is 40.4 Å². The molecule has 2 N–H and O–H groups in total. The van der Waals surface area contributed by atoms with E-state index in [1.54, 1.807) is 18.5 Å². The maximum atomic E-state index is 14.4. The second kappa shape index (κ2) is 8.83. The summed E-state index contributed by atoms with van der Waals surface area (Å²) in [6, 6.07) is 3.70. The number of esters is 1. The summed E-state index contributed by atoms with van der Waals surface area (Å²) in [5.41, 5.74) is 1.24. The smallest absolute Gasteiger partial charge is 0.336 e. The van der Waals surface area contributed by atoms with Gasteiger partial charge in [0.1, 0.15) is 17.8 Å². The molecular formula is C33H41NO6. The number of ketones is 1. The van der Waals surface area contributed by atoms with E-state index < -0.39 is 17.1 Å². The molecule has 0 radical (unpaired) electrons.